The third kappa shape index (κ3) is 49.2. The Morgan fingerprint density at radius 2 is 0.792 bits per heavy atom. The Kier molecular flexibility index (Phi) is 57.5. The van der Waals surface area contributed by atoms with E-state index in [-0.39, 0.29) is 12.1 Å². The molecule has 1 atom stereocenters. The number of aliphatic hydroxyl groups is 1. The molecular formula is C50H132N44O2. The number of aliphatic imine (C=N–C) groups is 1. The zero-order chi connectivity index (χ0) is 74.0. The molecule has 0 radical (unpaired) electrons. The number of likely N-dealkylation sites (N-methyl/N-ethyl adjacent to an activating group) is 3. The van der Waals surface area contributed by atoms with Crippen molar-refractivity contribution in [1.82, 2.24) is 69.5 Å². The Morgan fingerprint density at radius 3 is 1.10 bits per heavy atom. The van der Waals surface area contributed by atoms with Crippen LogP contribution in [-0.4, -0.2) is 344 Å². The zero-order valence-electron chi connectivity index (χ0n) is 59.3. The average Bonchev–Trinajstić information content (AvgIpc) is 3.68. The van der Waals surface area contributed by atoms with Crippen LogP contribution in [0.3, 0.4) is 0 Å². The number of piperidine rings is 1. The molecule has 0 spiro atoms. The van der Waals surface area contributed by atoms with E-state index in [4.69, 9.17) is 126 Å². The highest BCUT2D eigenvalue weighted by atomic mass is 16.5. The van der Waals surface area contributed by atoms with Crippen molar-refractivity contribution in [3.63, 3.8) is 0 Å². The molecule has 6 rings (SSSR count). The van der Waals surface area contributed by atoms with E-state index in [1.54, 1.807) is 35.8 Å². The molecule has 0 bridgehead atoms. The van der Waals surface area contributed by atoms with Gasteiger partial charge in [0.05, 0.1) is 19.3 Å². The molecule has 6 aliphatic heterocycles. The number of piperazine rings is 2. The summed E-state index contributed by atoms with van der Waals surface area (Å²) in [5.74, 6) is 53.4. The van der Waals surface area contributed by atoms with E-state index < -0.39 is 0 Å². The highest BCUT2D eigenvalue weighted by molar-refractivity contribution is 5.81. The van der Waals surface area contributed by atoms with Crippen LogP contribution in [0.25, 0.3) is 0 Å². The highest BCUT2D eigenvalue weighted by Gasteiger charge is 2.21. The van der Waals surface area contributed by atoms with Crippen LogP contribution in [0.5, 0.6) is 0 Å². The monoisotopic (exact) mass is 1380 g/mol. The lowest BCUT2D eigenvalue weighted by Gasteiger charge is -2.32. The second kappa shape index (κ2) is 59.4. The Morgan fingerprint density at radius 1 is 0.438 bits per heavy atom. The first-order valence-corrected chi connectivity index (χ1v) is 31.0. The van der Waals surface area contributed by atoms with Crippen molar-refractivity contribution in [1.29, 1.82) is 0 Å². The number of ether oxygens (including phenoxy) is 1. The molecule has 6 heterocycles. The second-order valence-corrected chi connectivity index (χ2v) is 22.1. The number of guanidine groups is 10. The molecular weight excluding hydrogens is 1250 g/mol. The average molecular weight is 1380 g/mol. The van der Waals surface area contributed by atoms with Crippen LogP contribution in [0, 0.1) is 0 Å². The first-order valence-electron chi connectivity index (χ1n) is 31.0. The molecule has 1 unspecified atom stereocenters. The van der Waals surface area contributed by atoms with Crippen LogP contribution in [0.2, 0.25) is 0 Å². The summed E-state index contributed by atoms with van der Waals surface area (Å²) in [5, 5.41) is 42.6. The predicted octanol–water partition coefficient (Wildman–Crippen LogP) is -13.0. The van der Waals surface area contributed by atoms with Gasteiger partial charge in [0, 0.05) is 160 Å². The molecule has 0 aliphatic carbocycles. The van der Waals surface area contributed by atoms with Crippen LogP contribution >= 0.6 is 0 Å². The fraction of sp³-hybridized carbons (Fsp3) is 0.800. The molecule has 96 heavy (non-hydrogen) atoms. The SMILES string of the molecule is CN(C)C(N)=NN.CN(C)CCCN(C)C(N)=NN.CN(C)CCN(C)C(N)=NN.CN1CCN(C(N)=NN)CC1.CN=C(N)NN.NN=C(N)N1CCC(O)C1.NN=C(N)N1CCCC1.NN=C(N)N1CCCCC1.NN=C(N)N1CCNCC1.NN=C(N)N1CCOCC1. The van der Waals surface area contributed by atoms with E-state index in [0.717, 1.165) is 137 Å². The van der Waals surface area contributed by atoms with Crippen LogP contribution in [0.1, 0.15) is 44.9 Å². The number of aliphatic hydroxyl groups excluding tert-OH is 1. The Balaban J connectivity index is -0.000000492. The standard InChI is InChI=1S/C7H19N5.C6H15N5.C6H17N5.C6H14N4.C5H13N5.2C5H12N4O.C5H12N4.C3H10N4.C2H8N4/c1-11(2)5-4-6-12(3)7(8)10-9;1-10-2-4-11(5-3-10)6(7)9-8;1-10(2)4-5-11(3)6(7)9-8;7-6(9-8)10-4-2-1-3-5-10;6-5(9-7)10-3-1-8-2-4-10;6-5(8-7)9-1-3-10-4-2-9;6-5(8-7)9-2-1-4(10)3-9;6-5(8-7)9-3-1-2-4-9;1-7(2)3(4)6-5;1-5-2(3)6-4/h4-6,9H2,1-3H3,(H2,8,10);2-5,8H2,1H3,(H2,7,9);4-5,8H2,1-3H3,(H2,7,9);1-5,8H2,(H2,7,9);8H,1-4,7H2,(H2,6,9);1-4,7H2,(H2,6,8);4,10H,1-3,7H2,(H2,6,8);1-4,7H2,(H2,6,8);5H2,1-2H3,(H2,4,6);4H2,1H3,(H3,3,5,6). The summed E-state index contributed by atoms with van der Waals surface area (Å²) < 4.78 is 5.10. The molecule has 46 heteroatoms. The van der Waals surface area contributed by atoms with Crippen LogP contribution in [0.4, 0.5) is 0 Å². The maximum absolute atomic E-state index is 9.05. The van der Waals surface area contributed by atoms with Gasteiger partial charge in [0.25, 0.3) is 0 Å². The third-order valence-electron chi connectivity index (χ3n) is 14.0. The third-order valence-corrected chi connectivity index (χ3v) is 14.0. The van der Waals surface area contributed by atoms with Crippen molar-refractivity contribution >= 4 is 59.6 Å². The molecule has 0 aromatic carbocycles. The van der Waals surface area contributed by atoms with Crippen LogP contribution in [-0.2, 0) is 4.74 Å². The molecule has 46 nitrogen and oxygen atoms in total. The van der Waals surface area contributed by atoms with Crippen LogP contribution < -0.4 is 127 Å². The fourth-order valence-electron chi connectivity index (χ4n) is 7.81. The Hall–Kier alpha value is -9.38. The summed E-state index contributed by atoms with van der Waals surface area (Å²) in [6.07, 6.45) is 7.64. The lowest BCUT2D eigenvalue weighted by molar-refractivity contribution is 0.0674. The van der Waals surface area contributed by atoms with Gasteiger partial charge in [-0.05, 0) is 86.7 Å². The molecule has 0 aromatic rings. The van der Waals surface area contributed by atoms with Crippen molar-refractivity contribution in [2.75, 3.05) is 215 Å². The predicted molar refractivity (Wildman–Crippen MR) is 392 cm³/mol. The van der Waals surface area contributed by atoms with E-state index in [1.807, 2.05) is 71.7 Å². The summed E-state index contributed by atoms with van der Waals surface area (Å²) in [6.45, 7) is 19.6. The number of hydrazone groups is 9. The van der Waals surface area contributed by atoms with Gasteiger partial charge in [-0.1, -0.05) is 0 Å². The molecule has 564 valence electrons. The molecule has 0 amide bonds. The van der Waals surface area contributed by atoms with Crippen molar-refractivity contribution in [3.8, 4) is 0 Å². The molecule has 0 aromatic heterocycles. The lowest BCUT2D eigenvalue weighted by atomic mass is 10.1. The minimum atomic E-state index is -0.278. The van der Waals surface area contributed by atoms with Gasteiger partial charge in [0.2, 0.25) is 59.6 Å². The van der Waals surface area contributed by atoms with Gasteiger partial charge in [-0.15, -0.1) is 45.9 Å². The maximum Gasteiger partial charge on any atom is 0.213 e. The topological polar surface area (TPSA) is 736 Å². The molecule has 6 aliphatic rings. The smallest absolute Gasteiger partial charge is 0.213 e. The summed E-state index contributed by atoms with van der Waals surface area (Å²) in [4.78, 5) is 26.8. The Bertz CT molecular complexity index is 2090. The van der Waals surface area contributed by atoms with Gasteiger partial charge in [-0.25, -0.2) is 5.84 Å². The number of hydrogen-bond donors (Lipinski definition) is 23. The lowest BCUT2D eigenvalue weighted by Crippen LogP contribution is -2.50. The first kappa shape index (κ1) is 93.0. The second-order valence-electron chi connectivity index (χ2n) is 22.1. The number of nitrogens with two attached hydrogens (primary N) is 20. The number of nitrogens with one attached hydrogen (secondary N) is 2. The summed E-state index contributed by atoms with van der Waals surface area (Å²) in [7, 11) is 19.0. The number of hydrogen-bond acceptors (Lipinski definition) is 26. The largest absolute Gasteiger partial charge is 0.391 e. The number of likely N-dealkylation sites (tertiary alicyclic amines) is 3. The van der Waals surface area contributed by atoms with E-state index in [0.29, 0.717) is 73.4 Å². The quantitative estimate of drug-likeness (QED) is 0.0487. The van der Waals surface area contributed by atoms with Crippen molar-refractivity contribution in [2.24, 2.45) is 167 Å². The maximum atomic E-state index is 9.05. The van der Waals surface area contributed by atoms with E-state index >= 15 is 0 Å². The number of rotatable bonds is 7. The van der Waals surface area contributed by atoms with Gasteiger partial charge in [0.15, 0.2) is 0 Å². The summed E-state index contributed by atoms with van der Waals surface area (Å²) >= 11 is 0. The van der Waals surface area contributed by atoms with Gasteiger partial charge in [-0.2, -0.15) is 0 Å². The van der Waals surface area contributed by atoms with Gasteiger partial charge in [-0.3, -0.25) is 10.4 Å². The molecule has 43 N–H and O–H groups in total. The van der Waals surface area contributed by atoms with Gasteiger partial charge >= 0.3 is 0 Å². The number of morpholine rings is 1. The minimum Gasteiger partial charge on any atom is -0.391 e. The molecule has 0 saturated carbocycles. The minimum absolute atomic E-state index is 0.245. The fourth-order valence-corrected chi connectivity index (χ4v) is 7.81. The van der Waals surface area contributed by atoms with Gasteiger partial charge < -0.3 is 184 Å². The summed E-state index contributed by atoms with van der Waals surface area (Å²) in [6, 6.07) is 0. The molecule has 6 saturated heterocycles. The van der Waals surface area contributed by atoms with E-state index in [1.165, 1.54) is 32.1 Å². The number of hydrazine groups is 1. The first-order chi connectivity index (χ1) is 45.5. The van der Waals surface area contributed by atoms with Crippen molar-refractivity contribution < 1.29 is 9.84 Å². The summed E-state index contributed by atoms with van der Waals surface area (Å²) in [5.41, 5.74) is 55.9. The van der Waals surface area contributed by atoms with Crippen molar-refractivity contribution in [2.45, 2.75) is 51.0 Å². The van der Waals surface area contributed by atoms with Gasteiger partial charge in [0.1, 0.15) is 0 Å². The number of β-amino-alcohol motifs (C(OH)–C–C–N with tert-alkyl or cyclic N) is 1. The van der Waals surface area contributed by atoms with E-state index in [2.05, 4.69) is 83.4 Å². The number of nitrogens with zero attached hydrogens (tertiary/aromatic N) is 22. The normalized spacial score (nSPS) is 18.5. The van der Waals surface area contributed by atoms with E-state index in [9.17, 15) is 0 Å². The highest BCUT2D eigenvalue weighted by Crippen LogP contribution is 2.08. The molecule has 6 fully saturated rings. The zero-order valence-corrected chi connectivity index (χ0v) is 59.3. The van der Waals surface area contributed by atoms with Crippen molar-refractivity contribution in [3.05, 3.63) is 0 Å². The van der Waals surface area contributed by atoms with Crippen LogP contribution in [0.15, 0.2) is 50.9 Å². The Labute approximate surface area is 569 Å².